The van der Waals surface area contributed by atoms with Crippen LogP contribution < -0.4 is 15.4 Å². The molecule has 1 heterocycles. The minimum Gasteiger partial charge on any atom is -0.485 e. The highest BCUT2D eigenvalue weighted by atomic mass is 35.5. The zero-order valence-corrected chi connectivity index (χ0v) is 18.1. The molecule has 0 aliphatic carbocycles. The molecule has 1 aromatic heterocycles. The summed E-state index contributed by atoms with van der Waals surface area (Å²) in [5.41, 5.74) is 3.06. The number of hydrogen-bond donors (Lipinski definition) is 2. The van der Waals surface area contributed by atoms with Crippen LogP contribution >= 0.6 is 11.6 Å². The minimum atomic E-state index is -0.244. The molecule has 0 aliphatic rings. The average Bonchev–Trinajstić information content (AvgIpc) is 3.23. The lowest BCUT2D eigenvalue weighted by Crippen LogP contribution is -2.12. The Balaban J connectivity index is 1.32. The first-order valence-corrected chi connectivity index (χ1v) is 10.4. The fourth-order valence-electron chi connectivity index (χ4n) is 2.98. The first-order valence-electron chi connectivity index (χ1n) is 9.97. The summed E-state index contributed by atoms with van der Waals surface area (Å²) in [5, 5.41) is 10.5. The molecule has 0 radical (unpaired) electrons. The molecule has 0 fully saturated rings. The number of hydrogen-bond acceptors (Lipinski definition) is 6. The molecule has 7 nitrogen and oxygen atoms in total. The van der Waals surface area contributed by atoms with Crippen LogP contribution in [0.4, 0.5) is 11.4 Å². The van der Waals surface area contributed by atoms with Gasteiger partial charge < -0.3 is 19.9 Å². The van der Waals surface area contributed by atoms with Gasteiger partial charge in [0.05, 0.1) is 10.7 Å². The van der Waals surface area contributed by atoms with Crippen LogP contribution in [0.15, 0.2) is 77.3 Å². The van der Waals surface area contributed by atoms with Gasteiger partial charge in [-0.1, -0.05) is 47.1 Å². The summed E-state index contributed by atoms with van der Waals surface area (Å²) >= 11 is 6.39. The summed E-state index contributed by atoms with van der Waals surface area (Å²) in [6.07, 6.45) is 0. The maximum absolute atomic E-state index is 12.6. The Hall–Kier alpha value is -3.84. The Morgan fingerprint density at radius 1 is 1.06 bits per heavy atom. The number of aromatic nitrogens is 2. The van der Waals surface area contributed by atoms with E-state index in [0.717, 1.165) is 11.3 Å². The topological polar surface area (TPSA) is 89.3 Å². The lowest BCUT2D eigenvalue weighted by Gasteiger charge is -2.11. The van der Waals surface area contributed by atoms with Crippen LogP contribution in [0.3, 0.4) is 0 Å². The molecule has 0 saturated heterocycles. The number of halogens is 1. The van der Waals surface area contributed by atoms with Gasteiger partial charge in [-0.2, -0.15) is 4.98 Å². The summed E-state index contributed by atoms with van der Waals surface area (Å²) in [7, 11) is 0. The number of carbonyl (C=O) groups is 1. The second kappa shape index (κ2) is 9.98. The number of rotatable bonds is 8. The normalized spacial score (nSPS) is 10.6. The molecular formula is C24H21ClN4O3. The molecule has 0 bridgehead atoms. The third-order valence-corrected chi connectivity index (χ3v) is 4.92. The van der Waals surface area contributed by atoms with E-state index in [1.807, 2.05) is 42.5 Å². The molecule has 32 heavy (non-hydrogen) atoms. The lowest BCUT2D eigenvalue weighted by molar-refractivity contribution is 0.102. The van der Waals surface area contributed by atoms with Crippen molar-refractivity contribution >= 4 is 28.9 Å². The van der Waals surface area contributed by atoms with E-state index in [2.05, 4.69) is 20.8 Å². The van der Waals surface area contributed by atoms with Crippen molar-refractivity contribution < 1.29 is 14.1 Å². The number of nitrogens with zero attached hydrogens (tertiary/aromatic N) is 2. The number of aryl methyl sites for hydroxylation is 1. The van der Waals surface area contributed by atoms with Gasteiger partial charge >= 0.3 is 0 Å². The molecule has 4 rings (SSSR count). The maximum Gasteiger partial charge on any atom is 0.255 e. The highest BCUT2D eigenvalue weighted by Gasteiger charge is 2.09. The van der Waals surface area contributed by atoms with Crippen LogP contribution in [0, 0.1) is 6.92 Å². The van der Waals surface area contributed by atoms with Gasteiger partial charge in [-0.05, 0) is 48.0 Å². The van der Waals surface area contributed by atoms with Gasteiger partial charge in [0, 0.05) is 24.7 Å². The van der Waals surface area contributed by atoms with Gasteiger partial charge in [0.2, 0.25) is 11.7 Å². The monoisotopic (exact) mass is 448 g/mol. The summed E-state index contributed by atoms with van der Waals surface area (Å²) in [5.74, 6) is 1.30. The molecule has 162 valence electrons. The molecule has 1 amide bonds. The standard InChI is InChI=1S/C24H21ClN4O3/c1-16-27-23(29-32-16)15-31-20-10-7-18(8-11-20)24(30)28-19-9-12-22(21(25)13-19)26-14-17-5-3-2-4-6-17/h2-13,26H,14-15H2,1H3,(H,28,30). The fraction of sp³-hybridized carbons (Fsp3) is 0.125. The summed E-state index contributed by atoms with van der Waals surface area (Å²) in [6.45, 7) is 2.56. The molecule has 2 N–H and O–H groups in total. The van der Waals surface area contributed by atoms with E-state index in [0.29, 0.717) is 40.3 Å². The van der Waals surface area contributed by atoms with Gasteiger partial charge in [0.15, 0.2) is 6.61 Å². The van der Waals surface area contributed by atoms with Crippen molar-refractivity contribution in [2.45, 2.75) is 20.1 Å². The molecule has 0 spiro atoms. The Morgan fingerprint density at radius 2 is 1.84 bits per heavy atom. The van der Waals surface area contributed by atoms with Crippen molar-refractivity contribution in [3.05, 3.63) is 101 Å². The highest BCUT2D eigenvalue weighted by Crippen LogP contribution is 2.26. The first-order chi connectivity index (χ1) is 15.6. The zero-order valence-electron chi connectivity index (χ0n) is 17.3. The number of carbonyl (C=O) groups excluding carboxylic acids is 1. The van der Waals surface area contributed by atoms with Crippen molar-refractivity contribution in [2.24, 2.45) is 0 Å². The Morgan fingerprint density at radius 3 is 2.53 bits per heavy atom. The number of amides is 1. The van der Waals surface area contributed by atoms with Gasteiger partial charge in [0.1, 0.15) is 5.75 Å². The largest absolute Gasteiger partial charge is 0.485 e. The van der Waals surface area contributed by atoms with E-state index in [1.54, 1.807) is 37.3 Å². The van der Waals surface area contributed by atoms with Gasteiger partial charge in [0.25, 0.3) is 5.91 Å². The van der Waals surface area contributed by atoms with Crippen molar-refractivity contribution in [2.75, 3.05) is 10.6 Å². The Labute approximate surface area is 190 Å². The number of ether oxygens (including phenoxy) is 1. The van der Waals surface area contributed by atoms with Crippen LogP contribution in [0.2, 0.25) is 5.02 Å². The van der Waals surface area contributed by atoms with Gasteiger partial charge in [-0.25, -0.2) is 0 Å². The van der Waals surface area contributed by atoms with Crippen molar-refractivity contribution in [3.63, 3.8) is 0 Å². The summed E-state index contributed by atoms with van der Waals surface area (Å²) in [6, 6.07) is 22.2. The number of anilines is 2. The van der Waals surface area contributed by atoms with E-state index in [-0.39, 0.29) is 12.5 Å². The Kier molecular flexibility index (Phi) is 6.67. The molecule has 0 aliphatic heterocycles. The molecule has 4 aromatic rings. The number of benzene rings is 3. The lowest BCUT2D eigenvalue weighted by atomic mass is 10.2. The van der Waals surface area contributed by atoms with E-state index in [9.17, 15) is 4.79 Å². The SMILES string of the molecule is Cc1nc(COc2ccc(C(=O)Nc3ccc(NCc4ccccc4)c(Cl)c3)cc2)no1. The van der Waals surface area contributed by atoms with E-state index < -0.39 is 0 Å². The van der Waals surface area contributed by atoms with Crippen LogP contribution in [0.1, 0.15) is 27.6 Å². The van der Waals surface area contributed by atoms with Crippen molar-refractivity contribution in [1.29, 1.82) is 0 Å². The predicted octanol–water partition coefficient (Wildman–Crippen LogP) is 5.47. The number of nitrogens with one attached hydrogen (secondary N) is 2. The predicted molar refractivity (Wildman–Crippen MR) is 123 cm³/mol. The first kappa shape index (κ1) is 21.4. The molecule has 0 saturated carbocycles. The van der Waals surface area contributed by atoms with Crippen molar-refractivity contribution in [1.82, 2.24) is 10.1 Å². The second-order valence-electron chi connectivity index (χ2n) is 7.03. The summed E-state index contributed by atoms with van der Waals surface area (Å²) < 4.78 is 10.5. The minimum absolute atomic E-state index is 0.187. The highest BCUT2D eigenvalue weighted by molar-refractivity contribution is 6.33. The molecule has 3 aromatic carbocycles. The van der Waals surface area contributed by atoms with Crippen LogP contribution in [-0.4, -0.2) is 16.0 Å². The zero-order chi connectivity index (χ0) is 22.3. The molecular weight excluding hydrogens is 428 g/mol. The van der Waals surface area contributed by atoms with Gasteiger partial charge in [-0.3, -0.25) is 4.79 Å². The fourth-order valence-corrected chi connectivity index (χ4v) is 3.23. The maximum atomic E-state index is 12.6. The van der Waals surface area contributed by atoms with Crippen molar-refractivity contribution in [3.8, 4) is 5.75 Å². The van der Waals surface area contributed by atoms with E-state index in [1.165, 1.54) is 0 Å². The van der Waals surface area contributed by atoms with Crippen LogP contribution in [-0.2, 0) is 13.2 Å². The molecule has 8 heteroatoms. The summed E-state index contributed by atoms with van der Waals surface area (Å²) in [4.78, 5) is 16.6. The Bertz CT molecular complexity index is 1190. The van der Waals surface area contributed by atoms with Crippen LogP contribution in [0.25, 0.3) is 0 Å². The van der Waals surface area contributed by atoms with Gasteiger partial charge in [-0.15, -0.1) is 0 Å². The smallest absolute Gasteiger partial charge is 0.255 e. The third-order valence-electron chi connectivity index (χ3n) is 4.61. The van der Waals surface area contributed by atoms with E-state index >= 15 is 0 Å². The van der Waals surface area contributed by atoms with E-state index in [4.69, 9.17) is 20.9 Å². The second-order valence-corrected chi connectivity index (χ2v) is 7.44. The quantitative estimate of drug-likeness (QED) is 0.371. The molecule has 0 atom stereocenters. The third kappa shape index (κ3) is 5.65. The van der Waals surface area contributed by atoms with Crippen LogP contribution in [0.5, 0.6) is 5.75 Å². The molecule has 0 unspecified atom stereocenters. The average molecular weight is 449 g/mol.